The van der Waals surface area contributed by atoms with Crippen LogP contribution in [0.2, 0.25) is 0 Å². The van der Waals surface area contributed by atoms with Crippen molar-refractivity contribution >= 4 is 16.7 Å². The lowest BCUT2D eigenvalue weighted by atomic mass is 9.80. The minimum absolute atomic E-state index is 0.428. The molecule has 1 aliphatic carbocycles. The van der Waals surface area contributed by atoms with Gasteiger partial charge in [-0.1, -0.05) is 62.4 Å². The number of fused-ring (bicyclic) bond motifs is 2. The van der Waals surface area contributed by atoms with Crippen LogP contribution in [0.15, 0.2) is 67.3 Å². The van der Waals surface area contributed by atoms with Crippen molar-refractivity contribution < 1.29 is 14.3 Å². The second-order valence-electron chi connectivity index (χ2n) is 7.22. The maximum atomic E-state index is 12.1. The Morgan fingerprint density at radius 1 is 1.04 bits per heavy atom. The molecule has 0 fully saturated rings. The van der Waals surface area contributed by atoms with Crippen molar-refractivity contribution in [2.24, 2.45) is 5.92 Å². The van der Waals surface area contributed by atoms with Crippen molar-refractivity contribution in [3.05, 3.63) is 78.4 Å². The van der Waals surface area contributed by atoms with Crippen LogP contribution < -0.4 is 9.47 Å². The molecule has 0 bridgehead atoms. The highest BCUT2D eigenvalue weighted by Gasteiger charge is 2.28. The molecule has 0 spiro atoms. The van der Waals surface area contributed by atoms with Gasteiger partial charge >= 0.3 is 5.97 Å². The molecule has 0 radical (unpaired) electrons. The van der Waals surface area contributed by atoms with Gasteiger partial charge < -0.3 is 9.47 Å². The van der Waals surface area contributed by atoms with Crippen LogP contribution in [0, 0.1) is 5.92 Å². The van der Waals surface area contributed by atoms with Crippen molar-refractivity contribution in [2.45, 2.75) is 32.6 Å². The quantitative estimate of drug-likeness (QED) is 0.302. The Labute approximate surface area is 165 Å². The maximum Gasteiger partial charge on any atom is 0.335 e. The average molecular weight is 372 g/mol. The van der Waals surface area contributed by atoms with Crippen molar-refractivity contribution in [3.63, 3.8) is 0 Å². The van der Waals surface area contributed by atoms with Gasteiger partial charge in [-0.15, -0.1) is 0 Å². The van der Waals surface area contributed by atoms with E-state index in [1.54, 1.807) is 0 Å². The van der Waals surface area contributed by atoms with Gasteiger partial charge in [0.1, 0.15) is 17.2 Å². The summed E-state index contributed by atoms with van der Waals surface area (Å²) in [6.45, 7) is 5.77. The van der Waals surface area contributed by atoms with Crippen molar-refractivity contribution in [1.29, 1.82) is 0 Å². The highest BCUT2D eigenvalue weighted by Crippen LogP contribution is 2.46. The summed E-state index contributed by atoms with van der Waals surface area (Å²) in [7, 11) is 0. The molecule has 1 atom stereocenters. The molecule has 4 rings (SSSR count). The molecule has 3 nitrogen and oxygen atoms in total. The van der Waals surface area contributed by atoms with Gasteiger partial charge in [0.2, 0.25) is 0 Å². The second-order valence-corrected chi connectivity index (χ2v) is 7.22. The number of hydrogen-bond donors (Lipinski definition) is 0. The van der Waals surface area contributed by atoms with E-state index in [1.165, 1.54) is 6.08 Å². The Morgan fingerprint density at radius 3 is 2.39 bits per heavy atom. The van der Waals surface area contributed by atoms with Crippen molar-refractivity contribution in [2.75, 3.05) is 0 Å². The van der Waals surface area contributed by atoms with E-state index in [4.69, 9.17) is 9.47 Å². The van der Waals surface area contributed by atoms with E-state index < -0.39 is 5.97 Å². The molecule has 142 valence electrons. The van der Waals surface area contributed by atoms with Crippen molar-refractivity contribution in [3.8, 4) is 17.2 Å². The van der Waals surface area contributed by atoms with Gasteiger partial charge in [-0.25, -0.2) is 4.79 Å². The number of carbonyl (C=O) groups excluding carboxylic acids is 1. The van der Waals surface area contributed by atoms with E-state index in [9.17, 15) is 4.79 Å². The van der Waals surface area contributed by atoms with Gasteiger partial charge in [0.15, 0.2) is 0 Å². The van der Waals surface area contributed by atoms with Crippen LogP contribution in [0.25, 0.3) is 10.8 Å². The Kier molecular flexibility index (Phi) is 5.16. The predicted molar refractivity (Wildman–Crippen MR) is 112 cm³/mol. The first-order valence-corrected chi connectivity index (χ1v) is 9.84. The first kappa shape index (κ1) is 18.3. The standard InChI is InChI=1S/C25H24O3/c1-3-17-14-15-21-22(16-17)25(28-23(26)4-2)20-13-9-8-12-19(20)24(21)27-18-10-6-5-7-11-18/h4-13,17H,2-3,14-16H2,1H3. The summed E-state index contributed by atoms with van der Waals surface area (Å²) in [6.07, 6.45) is 5.24. The van der Waals surface area contributed by atoms with Crippen LogP contribution >= 0.6 is 0 Å². The summed E-state index contributed by atoms with van der Waals surface area (Å²) >= 11 is 0. The van der Waals surface area contributed by atoms with E-state index in [1.807, 2.05) is 54.6 Å². The molecule has 3 aromatic carbocycles. The van der Waals surface area contributed by atoms with Gasteiger partial charge in [-0.3, -0.25) is 0 Å². The molecular formula is C25H24O3. The SMILES string of the molecule is C=CC(=O)Oc1c2c(c(Oc3ccccc3)c3ccccc13)CCC(CC)C2. The van der Waals surface area contributed by atoms with E-state index >= 15 is 0 Å². The molecular weight excluding hydrogens is 348 g/mol. The number of rotatable bonds is 5. The van der Waals surface area contributed by atoms with Gasteiger partial charge in [0.25, 0.3) is 0 Å². The average Bonchev–Trinajstić information content (AvgIpc) is 2.76. The number of ether oxygens (including phenoxy) is 2. The molecule has 28 heavy (non-hydrogen) atoms. The minimum atomic E-state index is -0.428. The molecule has 1 aliphatic rings. The van der Waals surface area contributed by atoms with Gasteiger partial charge in [0, 0.05) is 28.0 Å². The summed E-state index contributed by atoms with van der Waals surface area (Å²) in [5, 5.41) is 1.87. The Hall–Kier alpha value is -3.07. The molecule has 0 saturated heterocycles. The maximum absolute atomic E-state index is 12.1. The molecule has 0 N–H and O–H groups in total. The van der Waals surface area contributed by atoms with Crippen LogP contribution in [-0.4, -0.2) is 5.97 Å². The Bertz CT molecular complexity index is 1020. The number of carbonyl (C=O) groups is 1. The molecule has 0 aliphatic heterocycles. The van der Waals surface area contributed by atoms with E-state index in [0.29, 0.717) is 11.7 Å². The highest BCUT2D eigenvalue weighted by molar-refractivity contribution is 5.98. The van der Waals surface area contributed by atoms with Gasteiger partial charge in [0.05, 0.1) is 0 Å². The first-order valence-electron chi connectivity index (χ1n) is 9.84. The normalized spacial score (nSPS) is 15.7. The molecule has 1 unspecified atom stereocenters. The molecule has 3 aromatic rings. The first-order chi connectivity index (χ1) is 13.7. The van der Waals surface area contributed by atoms with Crippen LogP contribution in [0.5, 0.6) is 17.2 Å². The summed E-state index contributed by atoms with van der Waals surface area (Å²) in [4.78, 5) is 12.1. The smallest absolute Gasteiger partial charge is 0.335 e. The third kappa shape index (κ3) is 3.40. The predicted octanol–water partition coefficient (Wildman–Crippen LogP) is 6.24. The lowest BCUT2D eigenvalue weighted by Crippen LogP contribution is -2.17. The van der Waals surface area contributed by atoms with Crippen LogP contribution in [0.4, 0.5) is 0 Å². The fourth-order valence-corrected chi connectivity index (χ4v) is 4.03. The number of esters is 1. The van der Waals surface area contributed by atoms with Crippen LogP contribution in [0.1, 0.15) is 30.9 Å². The lowest BCUT2D eigenvalue weighted by Gasteiger charge is -2.28. The van der Waals surface area contributed by atoms with E-state index in [-0.39, 0.29) is 0 Å². The lowest BCUT2D eigenvalue weighted by molar-refractivity contribution is -0.128. The summed E-state index contributed by atoms with van der Waals surface area (Å²) in [5.41, 5.74) is 2.25. The topological polar surface area (TPSA) is 35.5 Å². The molecule has 3 heteroatoms. The summed E-state index contributed by atoms with van der Waals surface area (Å²) in [5.74, 6) is 2.50. The largest absolute Gasteiger partial charge is 0.456 e. The zero-order chi connectivity index (χ0) is 19.5. The zero-order valence-corrected chi connectivity index (χ0v) is 16.1. The monoisotopic (exact) mass is 372 g/mol. The number of hydrogen-bond acceptors (Lipinski definition) is 3. The summed E-state index contributed by atoms with van der Waals surface area (Å²) in [6, 6.07) is 17.8. The fourth-order valence-electron chi connectivity index (χ4n) is 4.03. The highest BCUT2D eigenvalue weighted by atomic mass is 16.5. The van der Waals surface area contributed by atoms with Crippen LogP contribution in [-0.2, 0) is 17.6 Å². The van der Waals surface area contributed by atoms with E-state index in [0.717, 1.165) is 59.1 Å². The number of para-hydroxylation sites is 1. The minimum Gasteiger partial charge on any atom is -0.456 e. The Morgan fingerprint density at radius 2 is 1.71 bits per heavy atom. The third-order valence-corrected chi connectivity index (χ3v) is 5.53. The second kappa shape index (κ2) is 7.89. The molecule has 0 saturated carbocycles. The van der Waals surface area contributed by atoms with Crippen molar-refractivity contribution in [1.82, 2.24) is 0 Å². The zero-order valence-electron chi connectivity index (χ0n) is 16.1. The van der Waals surface area contributed by atoms with Crippen LogP contribution in [0.3, 0.4) is 0 Å². The van der Waals surface area contributed by atoms with Gasteiger partial charge in [-0.05, 0) is 37.3 Å². The van der Waals surface area contributed by atoms with Gasteiger partial charge in [-0.2, -0.15) is 0 Å². The third-order valence-electron chi connectivity index (χ3n) is 5.53. The molecule has 0 aromatic heterocycles. The molecule has 0 heterocycles. The molecule has 0 amide bonds. The fraction of sp³-hybridized carbons (Fsp3) is 0.240. The summed E-state index contributed by atoms with van der Waals surface area (Å²) < 4.78 is 12.1. The van der Waals surface area contributed by atoms with E-state index in [2.05, 4.69) is 13.5 Å². The number of benzene rings is 3. The Balaban J connectivity index is 1.95.